The Labute approximate surface area is 154 Å². The first-order chi connectivity index (χ1) is 12.2. The summed E-state index contributed by atoms with van der Waals surface area (Å²) in [7, 11) is 0. The minimum Gasteiger partial charge on any atom is -0.368 e. The quantitative estimate of drug-likeness (QED) is 0.807. The third-order valence-electron chi connectivity index (χ3n) is 4.53. The maximum absolute atomic E-state index is 10.4. The van der Waals surface area contributed by atoms with Crippen LogP contribution >= 0.6 is 11.8 Å². The van der Waals surface area contributed by atoms with E-state index in [1.807, 2.05) is 11.8 Å². The van der Waals surface area contributed by atoms with E-state index in [4.69, 9.17) is 0 Å². The predicted molar refractivity (Wildman–Crippen MR) is 104 cm³/mol. The topological polar surface area (TPSA) is 35.6 Å². The van der Waals surface area contributed by atoms with Crippen LogP contribution in [-0.4, -0.2) is 44.2 Å². The fourth-order valence-electron chi connectivity index (χ4n) is 3.15. The fourth-order valence-corrected chi connectivity index (χ4v) is 4.19. The molecule has 0 saturated carbocycles. The molecular weight excluding hydrogens is 330 g/mol. The Morgan fingerprint density at radius 3 is 2.52 bits per heavy atom. The summed E-state index contributed by atoms with van der Waals surface area (Å²) in [6, 6.07) is 15.3. The van der Waals surface area contributed by atoms with Crippen molar-refractivity contribution in [2.45, 2.75) is 23.6 Å². The Kier molecular flexibility index (Phi) is 6.00. The van der Waals surface area contributed by atoms with Gasteiger partial charge in [-0.25, -0.2) is 0 Å². The van der Waals surface area contributed by atoms with Crippen molar-refractivity contribution in [1.82, 2.24) is 10.2 Å². The molecule has 5 heteroatoms. The Bertz CT molecular complexity index is 727. The van der Waals surface area contributed by atoms with Crippen molar-refractivity contribution in [3.63, 3.8) is 0 Å². The van der Waals surface area contributed by atoms with Gasteiger partial charge in [-0.2, -0.15) is 0 Å². The van der Waals surface area contributed by atoms with Gasteiger partial charge in [0.2, 0.25) is 6.41 Å². The smallest absolute Gasteiger partial charge is 0.208 e. The molecule has 132 valence electrons. The highest BCUT2D eigenvalue weighted by molar-refractivity contribution is 7.99. The van der Waals surface area contributed by atoms with Crippen molar-refractivity contribution < 1.29 is 4.79 Å². The zero-order valence-electron chi connectivity index (χ0n) is 14.9. The highest BCUT2D eigenvalue weighted by Gasteiger charge is 2.19. The number of hydrogen-bond acceptors (Lipinski definition) is 4. The average molecular weight is 356 g/mol. The average Bonchev–Trinajstić information content (AvgIpc) is 2.63. The molecule has 0 radical (unpaired) electrons. The van der Waals surface area contributed by atoms with Crippen LogP contribution in [0.2, 0.25) is 0 Å². The maximum atomic E-state index is 10.4. The van der Waals surface area contributed by atoms with E-state index in [1.165, 1.54) is 26.6 Å². The number of benzene rings is 2. The van der Waals surface area contributed by atoms with E-state index in [0.29, 0.717) is 6.67 Å². The van der Waals surface area contributed by atoms with Gasteiger partial charge in [0.25, 0.3) is 0 Å². The summed E-state index contributed by atoms with van der Waals surface area (Å²) in [6.07, 6.45) is 0.766. The fraction of sp³-hybridized carbons (Fsp3) is 0.350. The molecule has 0 aliphatic carbocycles. The van der Waals surface area contributed by atoms with Crippen molar-refractivity contribution in [3.05, 3.63) is 53.6 Å². The van der Waals surface area contributed by atoms with Crippen LogP contribution in [0.15, 0.2) is 52.3 Å². The monoisotopic (exact) mass is 355 g/mol. The van der Waals surface area contributed by atoms with Crippen molar-refractivity contribution in [1.29, 1.82) is 0 Å². The SMILES string of the molecule is Cc1ccc(Sc2ccccc2N2CCN(CNC=O)CC2)c(C)c1. The van der Waals surface area contributed by atoms with Crippen molar-refractivity contribution in [2.75, 3.05) is 37.7 Å². The number of piperazine rings is 1. The van der Waals surface area contributed by atoms with Gasteiger partial charge in [-0.1, -0.05) is 41.6 Å². The number of nitrogens with zero attached hydrogens (tertiary/aromatic N) is 2. The minimum absolute atomic E-state index is 0.635. The van der Waals surface area contributed by atoms with Crippen LogP contribution in [-0.2, 0) is 4.79 Å². The second-order valence-electron chi connectivity index (χ2n) is 6.42. The zero-order valence-corrected chi connectivity index (χ0v) is 15.7. The molecule has 4 nitrogen and oxygen atoms in total. The number of carbonyl (C=O) groups excluding carboxylic acids is 1. The lowest BCUT2D eigenvalue weighted by Crippen LogP contribution is -2.49. The molecule has 1 N–H and O–H groups in total. The van der Waals surface area contributed by atoms with Gasteiger partial charge in [-0.05, 0) is 37.6 Å². The highest BCUT2D eigenvalue weighted by Crippen LogP contribution is 2.37. The van der Waals surface area contributed by atoms with Gasteiger partial charge < -0.3 is 10.2 Å². The summed E-state index contributed by atoms with van der Waals surface area (Å²) in [5.74, 6) is 0. The normalized spacial score (nSPS) is 15.2. The van der Waals surface area contributed by atoms with E-state index < -0.39 is 0 Å². The number of para-hydroxylation sites is 1. The van der Waals surface area contributed by atoms with E-state index in [1.54, 1.807) is 0 Å². The van der Waals surface area contributed by atoms with Crippen LogP contribution in [0.5, 0.6) is 0 Å². The number of carbonyl (C=O) groups is 1. The van der Waals surface area contributed by atoms with Gasteiger partial charge in [-0.15, -0.1) is 0 Å². The number of amides is 1. The third kappa shape index (κ3) is 4.55. The van der Waals surface area contributed by atoms with Gasteiger partial charge in [0.05, 0.1) is 12.4 Å². The van der Waals surface area contributed by atoms with Gasteiger partial charge in [0.15, 0.2) is 0 Å². The van der Waals surface area contributed by atoms with E-state index >= 15 is 0 Å². The van der Waals surface area contributed by atoms with Crippen LogP contribution < -0.4 is 10.2 Å². The summed E-state index contributed by atoms with van der Waals surface area (Å²) in [4.78, 5) is 17.8. The molecule has 0 atom stereocenters. The van der Waals surface area contributed by atoms with Crippen LogP contribution in [0.1, 0.15) is 11.1 Å². The number of hydrogen-bond donors (Lipinski definition) is 1. The van der Waals surface area contributed by atoms with Crippen LogP contribution in [0.3, 0.4) is 0 Å². The molecule has 1 aliphatic heterocycles. The minimum atomic E-state index is 0.635. The lowest BCUT2D eigenvalue weighted by atomic mass is 10.2. The number of rotatable bonds is 6. The van der Waals surface area contributed by atoms with Gasteiger partial charge in [-0.3, -0.25) is 9.69 Å². The van der Waals surface area contributed by atoms with Gasteiger partial charge in [0, 0.05) is 36.0 Å². The molecule has 1 heterocycles. The second-order valence-corrected chi connectivity index (χ2v) is 7.51. The van der Waals surface area contributed by atoms with E-state index in [2.05, 4.69) is 71.4 Å². The molecule has 2 aromatic carbocycles. The Hall–Kier alpha value is -1.98. The second kappa shape index (κ2) is 8.41. The van der Waals surface area contributed by atoms with E-state index in [9.17, 15) is 4.79 Å². The number of nitrogens with one attached hydrogen (secondary N) is 1. The summed E-state index contributed by atoms with van der Waals surface area (Å²) in [5.41, 5.74) is 3.93. The molecule has 1 amide bonds. The van der Waals surface area contributed by atoms with E-state index in [0.717, 1.165) is 32.6 Å². The third-order valence-corrected chi connectivity index (χ3v) is 5.77. The first kappa shape index (κ1) is 17.8. The van der Waals surface area contributed by atoms with E-state index in [-0.39, 0.29) is 0 Å². The standard InChI is InChI=1S/C20H25N3OS/c1-16-7-8-19(17(2)13-16)25-20-6-4-3-5-18(20)23-11-9-22(10-12-23)14-21-15-24/h3-8,13,15H,9-12,14H2,1-2H3,(H,21,24). The maximum Gasteiger partial charge on any atom is 0.208 e. The molecule has 0 bridgehead atoms. The first-order valence-corrected chi connectivity index (χ1v) is 9.47. The Balaban J connectivity index is 1.72. The molecule has 0 unspecified atom stereocenters. The largest absolute Gasteiger partial charge is 0.368 e. The molecule has 0 spiro atoms. The summed E-state index contributed by atoms with van der Waals surface area (Å²) >= 11 is 1.84. The molecule has 1 saturated heterocycles. The van der Waals surface area contributed by atoms with Crippen molar-refractivity contribution in [3.8, 4) is 0 Å². The molecule has 1 aliphatic rings. The summed E-state index contributed by atoms with van der Waals surface area (Å²) in [5, 5.41) is 2.75. The van der Waals surface area contributed by atoms with Crippen molar-refractivity contribution in [2.24, 2.45) is 0 Å². The summed E-state index contributed by atoms with van der Waals surface area (Å²) in [6.45, 7) is 8.82. The Morgan fingerprint density at radius 2 is 1.80 bits per heavy atom. The van der Waals surface area contributed by atoms with Crippen molar-refractivity contribution >= 4 is 23.9 Å². The number of aryl methyl sites for hydroxylation is 2. The highest BCUT2D eigenvalue weighted by atomic mass is 32.2. The molecular formula is C20H25N3OS. The van der Waals surface area contributed by atoms with Gasteiger partial charge >= 0.3 is 0 Å². The molecule has 0 aromatic heterocycles. The van der Waals surface area contributed by atoms with Gasteiger partial charge in [0.1, 0.15) is 0 Å². The molecule has 25 heavy (non-hydrogen) atoms. The Morgan fingerprint density at radius 1 is 1.04 bits per heavy atom. The van der Waals surface area contributed by atoms with Crippen LogP contribution in [0.25, 0.3) is 0 Å². The lowest BCUT2D eigenvalue weighted by Gasteiger charge is -2.36. The molecule has 1 fully saturated rings. The molecule has 3 rings (SSSR count). The summed E-state index contributed by atoms with van der Waals surface area (Å²) < 4.78 is 0. The lowest BCUT2D eigenvalue weighted by molar-refractivity contribution is -0.110. The number of anilines is 1. The molecule has 2 aromatic rings. The zero-order chi connectivity index (χ0) is 17.6. The first-order valence-electron chi connectivity index (χ1n) is 8.66. The van der Waals surface area contributed by atoms with Crippen LogP contribution in [0, 0.1) is 13.8 Å². The van der Waals surface area contributed by atoms with Crippen LogP contribution in [0.4, 0.5) is 5.69 Å². The predicted octanol–water partition coefficient (Wildman–Crippen LogP) is 3.28.